The summed E-state index contributed by atoms with van der Waals surface area (Å²) in [6, 6.07) is 8.85. The zero-order valence-corrected chi connectivity index (χ0v) is 12.6. The molecule has 1 N–H and O–H groups in total. The normalized spacial score (nSPS) is 20.7. The van der Waals surface area contributed by atoms with Gasteiger partial charge >= 0.3 is 0 Å². The summed E-state index contributed by atoms with van der Waals surface area (Å²) in [6.07, 6.45) is 6.00. The van der Waals surface area contributed by atoms with Gasteiger partial charge in [-0.2, -0.15) is 15.0 Å². The summed E-state index contributed by atoms with van der Waals surface area (Å²) >= 11 is 1.81. The van der Waals surface area contributed by atoms with Crippen molar-refractivity contribution < 1.29 is 0 Å². The van der Waals surface area contributed by atoms with Crippen LogP contribution >= 0.6 is 11.3 Å². The van der Waals surface area contributed by atoms with Crippen LogP contribution in [0.25, 0.3) is 10.1 Å². The van der Waals surface area contributed by atoms with E-state index in [0.717, 1.165) is 13.1 Å². The molecule has 3 aromatic rings. The van der Waals surface area contributed by atoms with E-state index in [9.17, 15) is 0 Å². The van der Waals surface area contributed by atoms with E-state index in [4.69, 9.17) is 0 Å². The summed E-state index contributed by atoms with van der Waals surface area (Å²) in [4.78, 5) is 1.90. The third-order valence-electron chi connectivity index (χ3n) is 4.30. The molecule has 0 radical (unpaired) electrons. The fourth-order valence-corrected chi connectivity index (χ4v) is 4.30. The molecule has 0 aliphatic carbocycles. The molecule has 4 nitrogen and oxygen atoms in total. The lowest BCUT2D eigenvalue weighted by molar-refractivity contribution is 0.265. The van der Waals surface area contributed by atoms with Gasteiger partial charge in [0.15, 0.2) is 0 Å². The molecular formula is C16H18N4S. The van der Waals surface area contributed by atoms with Crippen molar-refractivity contribution in [3.8, 4) is 0 Å². The Morgan fingerprint density at radius 2 is 2.10 bits per heavy atom. The van der Waals surface area contributed by atoms with Crippen molar-refractivity contribution in [3.05, 3.63) is 47.6 Å². The number of hydrogen-bond acceptors (Lipinski definition) is 4. The molecule has 0 amide bonds. The van der Waals surface area contributed by atoms with Crippen LogP contribution in [-0.4, -0.2) is 28.1 Å². The Hall–Kier alpha value is -1.72. The van der Waals surface area contributed by atoms with Gasteiger partial charge in [-0.15, -0.1) is 11.3 Å². The van der Waals surface area contributed by atoms with Crippen molar-refractivity contribution in [2.75, 3.05) is 13.1 Å². The van der Waals surface area contributed by atoms with Crippen LogP contribution in [0.2, 0.25) is 0 Å². The van der Waals surface area contributed by atoms with Gasteiger partial charge in [-0.05, 0) is 47.7 Å². The molecule has 1 fully saturated rings. The number of fused-ring (bicyclic) bond motifs is 1. The summed E-state index contributed by atoms with van der Waals surface area (Å²) in [5, 5.41) is 16.0. The van der Waals surface area contributed by atoms with Crippen molar-refractivity contribution in [1.82, 2.24) is 20.3 Å². The second-order valence-corrected chi connectivity index (χ2v) is 6.50. The maximum Gasteiger partial charge on any atom is 0.102 e. The first kappa shape index (κ1) is 13.0. The highest BCUT2D eigenvalue weighted by Gasteiger charge is 2.29. The van der Waals surface area contributed by atoms with E-state index in [0.29, 0.717) is 5.92 Å². The molecule has 1 aliphatic rings. The third kappa shape index (κ3) is 2.36. The van der Waals surface area contributed by atoms with Gasteiger partial charge in [-0.3, -0.25) is 0 Å². The fraction of sp³-hybridized carbons (Fsp3) is 0.375. The van der Waals surface area contributed by atoms with Crippen LogP contribution in [0.4, 0.5) is 0 Å². The number of nitrogens with zero attached hydrogens (tertiary/aromatic N) is 3. The average Bonchev–Trinajstić information content (AvgIpc) is 3.20. The second-order valence-electron chi connectivity index (χ2n) is 5.59. The number of aromatic nitrogens is 3. The third-order valence-corrected chi connectivity index (χ3v) is 5.28. The average molecular weight is 298 g/mol. The van der Waals surface area contributed by atoms with Crippen LogP contribution < -0.4 is 5.32 Å². The van der Waals surface area contributed by atoms with Crippen molar-refractivity contribution in [2.24, 2.45) is 5.92 Å². The van der Waals surface area contributed by atoms with Gasteiger partial charge in [0, 0.05) is 11.2 Å². The molecule has 21 heavy (non-hydrogen) atoms. The Labute approximate surface area is 127 Å². The number of rotatable bonds is 3. The molecule has 1 aromatic carbocycles. The molecule has 0 bridgehead atoms. The maximum atomic E-state index is 4.44. The lowest BCUT2D eigenvalue weighted by Crippen LogP contribution is -2.36. The molecule has 5 heteroatoms. The monoisotopic (exact) mass is 298 g/mol. The first-order valence-corrected chi connectivity index (χ1v) is 8.34. The van der Waals surface area contributed by atoms with E-state index >= 15 is 0 Å². The number of piperidine rings is 1. The standard InChI is InChI=1S/C16H18N4S/c1-2-6-15-13(5-1)14(11-21-15)16(20-18-8-9-19-20)12-4-3-7-17-10-12/h1-2,5-6,8-9,11-12,16-17H,3-4,7,10H2/t12-,16+/m0/s1. The van der Waals surface area contributed by atoms with Crippen LogP contribution in [0, 0.1) is 5.92 Å². The quantitative estimate of drug-likeness (QED) is 0.808. The summed E-state index contributed by atoms with van der Waals surface area (Å²) in [7, 11) is 0. The predicted molar refractivity (Wildman–Crippen MR) is 85.6 cm³/mol. The van der Waals surface area contributed by atoms with Crippen LogP contribution in [0.5, 0.6) is 0 Å². The minimum absolute atomic E-state index is 0.226. The Morgan fingerprint density at radius 3 is 2.90 bits per heavy atom. The molecule has 0 unspecified atom stereocenters. The molecule has 0 spiro atoms. The molecule has 1 aliphatic heterocycles. The lowest BCUT2D eigenvalue weighted by Gasteiger charge is -2.30. The van der Waals surface area contributed by atoms with Crippen molar-refractivity contribution in [1.29, 1.82) is 0 Å². The highest BCUT2D eigenvalue weighted by atomic mass is 32.1. The topological polar surface area (TPSA) is 42.7 Å². The smallest absolute Gasteiger partial charge is 0.102 e. The molecule has 2 atom stereocenters. The molecule has 1 saturated heterocycles. The van der Waals surface area contributed by atoms with Gasteiger partial charge < -0.3 is 5.32 Å². The maximum absolute atomic E-state index is 4.44. The number of thiophene rings is 1. The minimum atomic E-state index is 0.226. The highest BCUT2D eigenvalue weighted by molar-refractivity contribution is 7.17. The van der Waals surface area contributed by atoms with Crippen LogP contribution in [0.15, 0.2) is 42.0 Å². The van der Waals surface area contributed by atoms with Gasteiger partial charge in [0.2, 0.25) is 0 Å². The lowest BCUT2D eigenvalue weighted by atomic mass is 9.87. The predicted octanol–water partition coefficient (Wildman–Crippen LogP) is 3.08. The Bertz CT molecular complexity index is 713. The number of hydrogen-bond donors (Lipinski definition) is 1. The van der Waals surface area contributed by atoms with Crippen LogP contribution in [-0.2, 0) is 0 Å². The first-order chi connectivity index (χ1) is 10.4. The molecule has 3 heterocycles. The Morgan fingerprint density at radius 1 is 1.24 bits per heavy atom. The van der Waals surface area contributed by atoms with E-state index in [2.05, 4.69) is 45.2 Å². The summed E-state index contributed by atoms with van der Waals surface area (Å²) in [6.45, 7) is 2.16. The van der Waals surface area contributed by atoms with Gasteiger partial charge in [0.1, 0.15) is 6.04 Å². The van der Waals surface area contributed by atoms with E-state index in [1.54, 1.807) is 12.4 Å². The molecule has 0 saturated carbocycles. The molecule has 2 aromatic heterocycles. The van der Waals surface area contributed by atoms with Crippen molar-refractivity contribution >= 4 is 21.4 Å². The Kier molecular flexibility index (Phi) is 3.45. The van der Waals surface area contributed by atoms with E-state index in [1.165, 1.54) is 28.5 Å². The zero-order valence-electron chi connectivity index (χ0n) is 11.8. The zero-order chi connectivity index (χ0) is 14.1. The van der Waals surface area contributed by atoms with Gasteiger partial charge in [0.25, 0.3) is 0 Å². The molecular weight excluding hydrogens is 280 g/mol. The van der Waals surface area contributed by atoms with Gasteiger partial charge in [0.05, 0.1) is 12.4 Å². The van der Waals surface area contributed by atoms with E-state index in [1.807, 2.05) is 16.1 Å². The van der Waals surface area contributed by atoms with Gasteiger partial charge in [-0.25, -0.2) is 0 Å². The summed E-state index contributed by atoms with van der Waals surface area (Å²) < 4.78 is 1.34. The number of nitrogens with one attached hydrogen (secondary N) is 1. The first-order valence-electron chi connectivity index (χ1n) is 7.46. The van der Waals surface area contributed by atoms with E-state index < -0.39 is 0 Å². The van der Waals surface area contributed by atoms with Crippen LogP contribution in [0.3, 0.4) is 0 Å². The van der Waals surface area contributed by atoms with Crippen LogP contribution in [0.1, 0.15) is 24.4 Å². The Balaban J connectivity index is 1.81. The highest BCUT2D eigenvalue weighted by Crippen LogP contribution is 2.37. The molecule has 108 valence electrons. The summed E-state index contributed by atoms with van der Waals surface area (Å²) in [5.41, 5.74) is 1.36. The largest absolute Gasteiger partial charge is 0.316 e. The fourth-order valence-electron chi connectivity index (χ4n) is 3.31. The summed E-state index contributed by atoms with van der Waals surface area (Å²) in [5.74, 6) is 0.546. The van der Waals surface area contributed by atoms with E-state index in [-0.39, 0.29) is 6.04 Å². The van der Waals surface area contributed by atoms with Crippen molar-refractivity contribution in [3.63, 3.8) is 0 Å². The minimum Gasteiger partial charge on any atom is -0.316 e. The number of benzene rings is 1. The SMILES string of the molecule is c1ccc2c([C@@H]([C@H]3CCCNC3)n3nccn3)csc2c1. The second kappa shape index (κ2) is 5.58. The van der Waals surface area contributed by atoms with Gasteiger partial charge in [-0.1, -0.05) is 18.2 Å². The molecule has 4 rings (SSSR count). The van der Waals surface area contributed by atoms with Crippen molar-refractivity contribution in [2.45, 2.75) is 18.9 Å².